The van der Waals surface area contributed by atoms with Crippen molar-refractivity contribution in [2.75, 3.05) is 13.2 Å². The molecule has 0 fully saturated rings. The quantitative estimate of drug-likeness (QED) is 0.209. The van der Waals surface area contributed by atoms with Crippen LogP contribution < -0.4 is 10.1 Å². The van der Waals surface area contributed by atoms with E-state index in [2.05, 4.69) is 34.8 Å². The van der Waals surface area contributed by atoms with Gasteiger partial charge in [-0.15, -0.1) is 0 Å². The van der Waals surface area contributed by atoms with Gasteiger partial charge in [0.15, 0.2) is 0 Å². The minimum absolute atomic E-state index is 0.0422. The fourth-order valence-electron chi connectivity index (χ4n) is 4.66. The normalized spacial score (nSPS) is 18.9. The lowest BCUT2D eigenvalue weighted by Gasteiger charge is -2.40. The standard InChI is InChI=1S/C30H39IN2O5/c1-2-3-4-5-9-16-28(35)33(21-22-12-7-6-8-13-22)25-19-23(30(37)32-17-18-34)20-27(29(25)36)38-26-15-11-10-14-24(26)31/h6-8,10-15,20,25,27,29,34,36H,2-5,9,16-19,21H2,1H3,(H,32,37). The van der Waals surface area contributed by atoms with Gasteiger partial charge in [-0.3, -0.25) is 9.59 Å². The van der Waals surface area contributed by atoms with Gasteiger partial charge in [-0.05, 0) is 52.8 Å². The van der Waals surface area contributed by atoms with Crippen LogP contribution in [-0.4, -0.2) is 58.3 Å². The third-order valence-corrected chi connectivity index (χ3v) is 7.62. The van der Waals surface area contributed by atoms with Crippen LogP contribution in [-0.2, 0) is 16.1 Å². The maximum absolute atomic E-state index is 13.6. The number of amides is 2. The predicted octanol–water partition coefficient (Wildman–Crippen LogP) is 4.60. The monoisotopic (exact) mass is 634 g/mol. The van der Waals surface area contributed by atoms with Gasteiger partial charge in [-0.2, -0.15) is 0 Å². The fourth-order valence-corrected chi connectivity index (χ4v) is 5.17. The first kappa shape index (κ1) is 30.1. The molecule has 206 valence electrons. The highest BCUT2D eigenvalue weighted by molar-refractivity contribution is 14.1. The van der Waals surface area contributed by atoms with Crippen LogP contribution in [0.25, 0.3) is 0 Å². The number of nitrogens with one attached hydrogen (secondary N) is 1. The summed E-state index contributed by atoms with van der Waals surface area (Å²) in [5.74, 6) is 0.222. The number of benzene rings is 2. The number of para-hydroxylation sites is 1. The zero-order valence-corrected chi connectivity index (χ0v) is 24.2. The van der Waals surface area contributed by atoms with Crippen molar-refractivity contribution in [2.45, 2.75) is 76.7 Å². The van der Waals surface area contributed by atoms with E-state index in [1.54, 1.807) is 11.0 Å². The smallest absolute Gasteiger partial charge is 0.247 e. The van der Waals surface area contributed by atoms with Crippen molar-refractivity contribution < 1.29 is 24.5 Å². The molecule has 0 aromatic heterocycles. The number of hydrogen-bond acceptors (Lipinski definition) is 5. The van der Waals surface area contributed by atoms with Crippen molar-refractivity contribution in [3.05, 3.63) is 75.4 Å². The lowest BCUT2D eigenvalue weighted by molar-refractivity contribution is -0.139. The van der Waals surface area contributed by atoms with Crippen LogP contribution >= 0.6 is 22.6 Å². The van der Waals surface area contributed by atoms with E-state index in [1.165, 1.54) is 0 Å². The summed E-state index contributed by atoms with van der Waals surface area (Å²) in [5, 5.41) is 23.5. The summed E-state index contributed by atoms with van der Waals surface area (Å²) in [6.45, 7) is 2.44. The van der Waals surface area contributed by atoms with E-state index < -0.39 is 18.2 Å². The Hall–Kier alpha value is -2.43. The van der Waals surface area contributed by atoms with Crippen LogP contribution in [0.1, 0.15) is 57.4 Å². The van der Waals surface area contributed by atoms with Crippen LogP contribution in [0.2, 0.25) is 0 Å². The molecule has 0 bridgehead atoms. The lowest BCUT2D eigenvalue weighted by atomic mass is 9.87. The molecule has 7 nitrogen and oxygen atoms in total. The highest BCUT2D eigenvalue weighted by Gasteiger charge is 2.40. The van der Waals surface area contributed by atoms with E-state index in [0.29, 0.717) is 24.3 Å². The van der Waals surface area contributed by atoms with Crippen molar-refractivity contribution in [2.24, 2.45) is 0 Å². The summed E-state index contributed by atoms with van der Waals surface area (Å²) in [7, 11) is 0. The summed E-state index contributed by atoms with van der Waals surface area (Å²) < 4.78 is 7.10. The van der Waals surface area contributed by atoms with E-state index >= 15 is 0 Å². The summed E-state index contributed by atoms with van der Waals surface area (Å²) >= 11 is 2.17. The minimum Gasteiger partial charge on any atom is -0.482 e. The molecular formula is C30H39IN2O5. The van der Waals surface area contributed by atoms with E-state index in [0.717, 1.165) is 41.2 Å². The molecule has 0 radical (unpaired) electrons. The molecule has 1 aliphatic rings. The van der Waals surface area contributed by atoms with E-state index in [1.807, 2.05) is 54.6 Å². The Bertz CT molecular complexity index is 1060. The van der Waals surface area contributed by atoms with Crippen molar-refractivity contribution in [3.63, 3.8) is 0 Å². The third-order valence-electron chi connectivity index (χ3n) is 6.72. The number of ether oxygens (including phenoxy) is 1. The summed E-state index contributed by atoms with van der Waals surface area (Å²) in [6.07, 6.45) is 5.52. The van der Waals surface area contributed by atoms with Crippen LogP contribution in [0.4, 0.5) is 0 Å². The van der Waals surface area contributed by atoms with Crippen molar-refractivity contribution >= 4 is 34.4 Å². The Labute approximate surface area is 239 Å². The van der Waals surface area contributed by atoms with Crippen LogP contribution in [0.15, 0.2) is 66.2 Å². The predicted molar refractivity (Wildman–Crippen MR) is 157 cm³/mol. The molecule has 0 aliphatic heterocycles. The van der Waals surface area contributed by atoms with Crippen molar-refractivity contribution in [1.29, 1.82) is 0 Å². The Morgan fingerprint density at radius 2 is 1.76 bits per heavy atom. The van der Waals surface area contributed by atoms with E-state index in [-0.39, 0.29) is 31.4 Å². The number of halogens is 1. The molecular weight excluding hydrogens is 595 g/mol. The van der Waals surface area contributed by atoms with E-state index in [4.69, 9.17) is 4.74 Å². The van der Waals surface area contributed by atoms with Crippen LogP contribution in [0, 0.1) is 3.57 Å². The number of hydrogen-bond donors (Lipinski definition) is 3. The topological polar surface area (TPSA) is 99.1 Å². The highest BCUT2D eigenvalue weighted by Crippen LogP contribution is 2.31. The molecule has 3 atom stereocenters. The fraction of sp³-hybridized carbons (Fsp3) is 0.467. The molecule has 2 amide bonds. The number of carbonyl (C=O) groups excluding carboxylic acids is 2. The van der Waals surface area contributed by atoms with Gasteiger partial charge < -0.3 is 25.2 Å². The molecule has 0 heterocycles. The molecule has 2 aromatic rings. The van der Waals surface area contributed by atoms with Gasteiger partial charge in [0.1, 0.15) is 18.0 Å². The second-order valence-corrected chi connectivity index (χ2v) is 10.8. The summed E-state index contributed by atoms with van der Waals surface area (Å²) in [6, 6.07) is 16.5. The van der Waals surface area contributed by atoms with Crippen molar-refractivity contribution in [1.82, 2.24) is 10.2 Å². The average Bonchev–Trinajstić information content (AvgIpc) is 2.93. The summed E-state index contributed by atoms with van der Waals surface area (Å²) in [5.41, 5.74) is 1.38. The lowest BCUT2D eigenvalue weighted by Crippen LogP contribution is -2.54. The van der Waals surface area contributed by atoms with Gasteiger partial charge >= 0.3 is 0 Å². The number of aliphatic hydroxyl groups is 2. The first-order valence-corrected chi connectivity index (χ1v) is 14.5. The summed E-state index contributed by atoms with van der Waals surface area (Å²) in [4.78, 5) is 28.3. The first-order chi connectivity index (χ1) is 18.4. The second-order valence-electron chi connectivity index (χ2n) is 9.62. The molecule has 2 aromatic carbocycles. The number of aliphatic hydroxyl groups excluding tert-OH is 2. The molecule has 1 aliphatic carbocycles. The van der Waals surface area contributed by atoms with Crippen LogP contribution in [0.3, 0.4) is 0 Å². The molecule has 3 N–H and O–H groups in total. The zero-order valence-electron chi connectivity index (χ0n) is 22.0. The molecule has 3 unspecified atom stereocenters. The van der Waals surface area contributed by atoms with Crippen LogP contribution in [0.5, 0.6) is 5.75 Å². The largest absolute Gasteiger partial charge is 0.482 e. The zero-order chi connectivity index (χ0) is 27.3. The van der Waals surface area contributed by atoms with Crippen molar-refractivity contribution in [3.8, 4) is 5.75 Å². The average molecular weight is 635 g/mol. The Morgan fingerprint density at radius 1 is 1.05 bits per heavy atom. The van der Waals surface area contributed by atoms with E-state index in [9.17, 15) is 19.8 Å². The minimum atomic E-state index is -1.03. The molecule has 0 saturated heterocycles. The SMILES string of the molecule is CCCCCCCC(=O)N(Cc1ccccc1)C1CC(C(=O)NCCO)=CC(Oc2ccccc2I)C1O. The Balaban J connectivity index is 1.89. The van der Waals surface area contributed by atoms with Gasteiger partial charge in [0.25, 0.3) is 0 Å². The highest BCUT2D eigenvalue weighted by atomic mass is 127. The molecule has 0 saturated carbocycles. The van der Waals surface area contributed by atoms with Gasteiger partial charge in [0, 0.05) is 31.5 Å². The molecule has 8 heteroatoms. The Kier molecular flexibility index (Phi) is 12.6. The third kappa shape index (κ3) is 8.81. The number of carbonyl (C=O) groups is 2. The first-order valence-electron chi connectivity index (χ1n) is 13.5. The molecule has 3 rings (SSSR count). The Morgan fingerprint density at radius 3 is 2.47 bits per heavy atom. The maximum atomic E-state index is 13.6. The molecule has 0 spiro atoms. The van der Waals surface area contributed by atoms with Gasteiger partial charge in [0.2, 0.25) is 11.8 Å². The van der Waals surface area contributed by atoms with Gasteiger partial charge in [-0.1, -0.05) is 75.1 Å². The molecule has 38 heavy (non-hydrogen) atoms. The van der Waals surface area contributed by atoms with Gasteiger partial charge in [-0.25, -0.2) is 0 Å². The second kappa shape index (κ2) is 15.9. The van der Waals surface area contributed by atoms with Gasteiger partial charge in [0.05, 0.1) is 16.2 Å². The number of nitrogens with zero attached hydrogens (tertiary/aromatic N) is 1. The number of rotatable bonds is 14. The number of unbranched alkanes of at least 4 members (excludes halogenated alkanes) is 4. The maximum Gasteiger partial charge on any atom is 0.247 e.